The van der Waals surface area contributed by atoms with E-state index >= 15 is 0 Å². The van der Waals surface area contributed by atoms with Crippen LogP contribution in [0, 0.1) is 5.92 Å². The van der Waals surface area contributed by atoms with Gasteiger partial charge in [0.15, 0.2) is 0 Å². The van der Waals surface area contributed by atoms with Gasteiger partial charge >= 0.3 is 17.9 Å². The fraction of sp³-hybridized carbons (Fsp3) is 0.453. The number of carbonyl (C=O) groups is 11. The summed E-state index contributed by atoms with van der Waals surface area (Å²) in [5.41, 5.74) is 18.8. The summed E-state index contributed by atoms with van der Waals surface area (Å²) < 4.78 is 0. The van der Waals surface area contributed by atoms with E-state index in [1.165, 1.54) is 48.5 Å². The van der Waals surface area contributed by atoms with Crippen molar-refractivity contribution in [3.05, 3.63) is 95.6 Å². The van der Waals surface area contributed by atoms with Gasteiger partial charge in [-0.3, -0.25) is 47.9 Å². The summed E-state index contributed by atoms with van der Waals surface area (Å²) in [5.74, 6) is -13.4. The second-order valence-electron chi connectivity index (χ2n) is 18.9. The summed E-state index contributed by atoms with van der Waals surface area (Å²) in [4.78, 5) is 146. The van der Waals surface area contributed by atoms with Crippen LogP contribution in [-0.4, -0.2) is 146 Å². The minimum Gasteiger partial charge on any atom is -0.508 e. The molecule has 3 rings (SSSR count). The van der Waals surface area contributed by atoms with Crippen molar-refractivity contribution in [1.29, 1.82) is 0 Å². The molecule has 430 valence electrons. The largest absolute Gasteiger partial charge is 0.508 e. The highest BCUT2D eigenvalue weighted by molar-refractivity contribution is 5.99. The van der Waals surface area contributed by atoms with Crippen molar-refractivity contribution in [3.8, 4) is 11.5 Å². The van der Waals surface area contributed by atoms with Crippen LogP contribution in [0.2, 0.25) is 0 Å². The van der Waals surface area contributed by atoms with Gasteiger partial charge in [0.1, 0.15) is 53.8 Å². The van der Waals surface area contributed by atoms with Crippen LogP contribution in [0.15, 0.2) is 78.9 Å². The number of phenols is 2. The SMILES string of the molecule is CC[C@H](C)[C@H](NC(=O)[C@H](Cc1ccc(O)cc1)NC(=O)[C@H](CCC(=O)O)NC(=O)[C@@H](N)Cc1ccccc1)C(=O)N[C@@H](CCC(=O)O)C(=O)N[C@@H](CC(N)=O)C(=O)N[C@@H](CCCCN)C(=O)N[C@@H](Cc1ccc(O)cc1)C(=O)O. The van der Waals surface area contributed by atoms with Crippen LogP contribution < -0.4 is 54.4 Å². The average molecular weight is 1110 g/mol. The number of nitrogens with two attached hydrogens (primary N) is 3. The maximum absolute atomic E-state index is 14.4. The van der Waals surface area contributed by atoms with E-state index in [1.54, 1.807) is 44.2 Å². The zero-order valence-electron chi connectivity index (χ0n) is 43.9. The zero-order chi connectivity index (χ0) is 58.8. The Kier molecular flexibility index (Phi) is 26.9. The molecule has 26 heteroatoms. The van der Waals surface area contributed by atoms with E-state index in [0.29, 0.717) is 23.1 Å². The van der Waals surface area contributed by atoms with Gasteiger partial charge < -0.3 is 80.0 Å². The molecule has 0 saturated carbocycles. The molecule has 0 unspecified atom stereocenters. The Bertz CT molecular complexity index is 2570. The number of amides is 8. The van der Waals surface area contributed by atoms with Crippen molar-refractivity contribution in [3.63, 3.8) is 0 Å². The third-order valence-electron chi connectivity index (χ3n) is 12.6. The molecule has 0 fully saturated rings. The van der Waals surface area contributed by atoms with E-state index in [9.17, 15) is 78.3 Å². The van der Waals surface area contributed by atoms with Gasteiger partial charge in [-0.2, -0.15) is 0 Å². The zero-order valence-corrected chi connectivity index (χ0v) is 43.9. The van der Waals surface area contributed by atoms with Crippen molar-refractivity contribution in [2.75, 3.05) is 6.54 Å². The van der Waals surface area contributed by atoms with Gasteiger partial charge in [-0.05, 0) is 91.9 Å². The van der Waals surface area contributed by atoms with E-state index in [0.717, 1.165) is 0 Å². The normalized spacial score (nSPS) is 14.4. The molecule has 18 N–H and O–H groups in total. The fourth-order valence-electron chi connectivity index (χ4n) is 7.94. The molecule has 0 bridgehead atoms. The van der Waals surface area contributed by atoms with E-state index in [2.05, 4.69) is 37.2 Å². The number of carboxylic acids is 3. The molecular weight excluding hydrogens is 1030 g/mol. The number of aromatic hydroxyl groups is 2. The standard InChI is InChI=1S/C53H72N10O16/c1-3-29(2)45(63-51(76)39(26-31-12-16-33(64)17-13-31)60-48(73)37(20-22-43(67)68)57-46(71)35(55)25-30-9-5-4-6-10-30)52(77)59-38(21-23-44(69)70)49(74)61-40(28-42(56)66)50(75)58-36(11-7-8-24-54)47(72)62-41(53(78)79)27-32-14-18-34(65)19-15-32/h4-6,9-10,12-19,29,35-41,45,64-65H,3,7-8,11,20-28,54-55H2,1-2H3,(H2,56,66)(H,57,71)(H,58,75)(H,59,77)(H,60,73)(H,61,74)(H,62,72)(H,63,76)(H,67,68)(H,69,70)(H,78,79)/t29-,35-,36-,37-,38-,39-,40-,41-,45-/m0/s1. The van der Waals surface area contributed by atoms with E-state index in [1.807, 2.05) is 0 Å². The van der Waals surface area contributed by atoms with Crippen LogP contribution in [0.25, 0.3) is 0 Å². The lowest BCUT2D eigenvalue weighted by Crippen LogP contribution is -2.61. The Balaban J connectivity index is 1.92. The quantitative estimate of drug-likeness (QED) is 0.0305. The summed E-state index contributed by atoms with van der Waals surface area (Å²) in [6.07, 6.45) is -2.98. The first-order valence-electron chi connectivity index (χ1n) is 25.5. The first-order chi connectivity index (χ1) is 37.4. The van der Waals surface area contributed by atoms with Crippen molar-refractivity contribution in [2.45, 2.75) is 139 Å². The molecule has 9 atom stereocenters. The van der Waals surface area contributed by atoms with Crippen LogP contribution in [0.3, 0.4) is 0 Å². The van der Waals surface area contributed by atoms with Crippen LogP contribution in [-0.2, 0) is 72.0 Å². The first-order valence-corrected chi connectivity index (χ1v) is 25.5. The summed E-state index contributed by atoms with van der Waals surface area (Å²) >= 11 is 0. The second-order valence-corrected chi connectivity index (χ2v) is 18.9. The Hall–Kier alpha value is -8.65. The van der Waals surface area contributed by atoms with Crippen LogP contribution >= 0.6 is 0 Å². The number of benzene rings is 3. The molecule has 0 spiro atoms. The number of carbonyl (C=O) groups excluding carboxylic acids is 8. The number of phenolic OH excluding ortho intramolecular Hbond substituents is 2. The minimum absolute atomic E-state index is 0.0621. The van der Waals surface area contributed by atoms with Gasteiger partial charge in [0.25, 0.3) is 0 Å². The highest BCUT2D eigenvalue weighted by Crippen LogP contribution is 2.16. The molecule has 0 heterocycles. The van der Waals surface area contributed by atoms with Crippen LogP contribution in [0.1, 0.15) is 88.3 Å². The molecule has 3 aromatic carbocycles. The van der Waals surface area contributed by atoms with Crippen LogP contribution in [0.4, 0.5) is 0 Å². The van der Waals surface area contributed by atoms with Crippen molar-refractivity contribution >= 4 is 65.2 Å². The van der Waals surface area contributed by atoms with Gasteiger partial charge in [-0.25, -0.2) is 4.79 Å². The molecule has 79 heavy (non-hydrogen) atoms. The number of hydrogen-bond donors (Lipinski definition) is 15. The number of primary amides is 1. The molecule has 0 saturated heterocycles. The lowest BCUT2D eigenvalue weighted by atomic mass is 9.96. The number of carboxylic acid groups (broad SMARTS) is 3. The summed E-state index contributed by atoms with van der Waals surface area (Å²) in [6.45, 7) is 3.40. The lowest BCUT2D eigenvalue weighted by Gasteiger charge is -2.29. The highest BCUT2D eigenvalue weighted by Gasteiger charge is 2.36. The molecule has 0 aliphatic rings. The molecule has 0 aromatic heterocycles. The Morgan fingerprint density at radius 1 is 0.481 bits per heavy atom. The molecule has 3 aromatic rings. The smallest absolute Gasteiger partial charge is 0.326 e. The van der Waals surface area contributed by atoms with Gasteiger partial charge in [-0.15, -0.1) is 0 Å². The van der Waals surface area contributed by atoms with Crippen molar-refractivity contribution in [2.24, 2.45) is 23.1 Å². The minimum atomic E-state index is -1.86. The number of unbranched alkanes of at least 4 members (excludes halogenated alkanes) is 1. The van der Waals surface area contributed by atoms with Gasteiger partial charge in [-0.1, -0.05) is 74.9 Å². The predicted molar refractivity (Wildman–Crippen MR) is 283 cm³/mol. The number of aliphatic carboxylic acids is 3. The maximum Gasteiger partial charge on any atom is 0.326 e. The third-order valence-corrected chi connectivity index (χ3v) is 12.6. The summed E-state index contributed by atoms with van der Waals surface area (Å²) in [7, 11) is 0. The van der Waals surface area contributed by atoms with Crippen LogP contribution in [0.5, 0.6) is 11.5 Å². The fourth-order valence-corrected chi connectivity index (χ4v) is 7.94. The Morgan fingerprint density at radius 2 is 0.886 bits per heavy atom. The van der Waals surface area contributed by atoms with Gasteiger partial charge in [0.05, 0.1) is 12.5 Å². The van der Waals surface area contributed by atoms with E-state index in [-0.39, 0.29) is 56.6 Å². The average Bonchev–Trinajstić information content (AvgIpc) is 3.40. The second kappa shape index (κ2) is 32.8. The molecule has 0 aliphatic carbocycles. The molecule has 8 amide bonds. The van der Waals surface area contributed by atoms with E-state index in [4.69, 9.17) is 17.2 Å². The molecule has 26 nitrogen and oxygen atoms in total. The Labute approximate surface area is 455 Å². The molecule has 0 radical (unpaired) electrons. The topological polar surface area (TPSA) is 451 Å². The Morgan fingerprint density at radius 3 is 1.35 bits per heavy atom. The highest BCUT2D eigenvalue weighted by atomic mass is 16.4. The van der Waals surface area contributed by atoms with E-state index < -0.39 is 152 Å². The van der Waals surface area contributed by atoms with Crippen molar-refractivity contribution in [1.82, 2.24) is 37.2 Å². The summed E-state index contributed by atoms with van der Waals surface area (Å²) in [5, 5.41) is 65.7. The predicted octanol–water partition coefficient (Wildman–Crippen LogP) is -1.29. The van der Waals surface area contributed by atoms with Crippen molar-refractivity contribution < 1.29 is 78.3 Å². The monoisotopic (exact) mass is 1100 g/mol. The first kappa shape index (κ1) is 64.6. The molecular formula is C53H72N10O16. The number of nitrogens with one attached hydrogen (secondary N) is 7. The maximum atomic E-state index is 14.4. The summed E-state index contributed by atoms with van der Waals surface area (Å²) in [6, 6.07) is 7.32. The van der Waals surface area contributed by atoms with Gasteiger partial charge in [0.2, 0.25) is 47.3 Å². The lowest BCUT2D eigenvalue weighted by molar-refractivity contribution is -0.142. The molecule has 0 aliphatic heterocycles. The number of hydrogen-bond acceptors (Lipinski definition) is 15. The number of rotatable bonds is 35. The van der Waals surface area contributed by atoms with Gasteiger partial charge in [0, 0.05) is 25.7 Å². The third kappa shape index (κ3) is 23.2.